The van der Waals surface area contributed by atoms with E-state index in [0.29, 0.717) is 28.5 Å². The lowest BCUT2D eigenvalue weighted by molar-refractivity contribution is -0.131. The molecule has 0 N–H and O–H groups in total. The zero-order chi connectivity index (χ0) is 21.2. The summed E-state index contributed by atoms with van der Waals surface area (Å²) < 4.78 is 13.0. The SMILES string of the molecule is C[C@@H]1CCCCN1C(=O)CSc1nnc(-c2ccc3c(c2)OCO3)n1-c1ccccc1. The normalized spacial score (nSPS) is 17.7. The number of carbonyl (C=O) groups is 1. The van der Waals surface area contributed by atoms with Gasteiger partial charge in [0.05, 0.1) is 5.75 Å². The van der Waals surface area contributed by atoms with E-state index < -0.39 is 0 Å². The van der Waals surface area contributed by atoms with Crippen molar-refractivity contribution in [1.29, 1.82) is 0 Å². The van der Waals surface area contributed by atoms with Crippen LogP contribution in [0.3, 0.4) is 0 Å². The minimum atomic E-state index is 0.157. The average molecular weight is 437 g/mol. The lowest BCUT2D eigenvalue weighted by Gasteiger charge is -2.33. The summed E-state index contributed by atoms with van der Waals surface area (Å²) in [6.07, 6.45) is 3.35. The third-order valence-electron chi connectivity index (χ3n) is 5.73. The van der Waals surface area contributed by atoms with Gasteiger partial charge in [0.1, 0.15) is 0 Å². The predicted molar refractivity (Wildman–Crippen MR) is 119 cm³/mol. The molecular weight excluding hydrogens is 412 g/mol. The number of rotatable bonds is 5. The van der Waals surface area contributed by atoms with Crippen LogP contribution in [-0.2, 0) is 4.79 Å². The molecule has 0 saturated carbocycles. The van der Waals surface area contributed by atoms with E-state index in [4.69, 9.17) is 9.47 Å². The highest BCUT2D eigenvalue weighted by Crippen LogP contribution is 2.37. The van der Waals surface area contributed by atoms with E-state index in [1.54, 1.807) is 0 Å². The molecule has 1 atom stereocenters. The van der Waals surface area contributed by atoms with Gasteiger partial charge in [0.15, 0.2) is 22.5 Å². The Morgan fingerprint density at radius 3 is 2.77 bits per heavy atom. The number of carbonyl (C=O) groups excluding carboxylic acids is 1. The first-order valence-electron chi connectivity index (χ1n) is 10.5. The van der Waals surface area contributed by atoms with Crippen LogP contribution >= 0.6 is 11.8 Å². The van der Waals surface area contributed by atoms with Gasteiger partial charge in [-0.3, -0.25) is 9.36 Å². The van der Waals surface area contributed by atoms with Crippen LogP contribution in [0.1, 0.15) is 26.2 Å². The van der Waals surface area contributed by atoms with Crippen LogP contribution in [0.5, 0.6) is 11.5 Å². The van der Waals surface area contributed by atoms with E-state index in [1.807, 2.05) is 58.0 Å². The fourth-order valence-corrected chi connectivity index (χ4v) is 4.91. The largest absolute Gasteiger partial charge is 0.454 e. The van der Waals surface area contributed by atoms with Crippen LogP contribution in [0.15, 0.2) is 53.7 Å². The lowest BCUT2D eigenvalue weighted by atomic mass is 10.0. The van der Waals surface area contributed by atoms with Crippen LogP contribution < -0.4 is 9.47 Å². The number of hydrogen-bond acceptors (Lipinski definition) is 6. The molecule has 0 unspecified atom stereocenters. The second-order valence-corrected chi connectivity index (χ2v) is 8.71. The second-order valence-electron chi connectivity index (χ2n) is 7.77. The van der Waals surface area contributed by atoms with E-state index in [0.717, 1.165) is 36.4 Å². The summed E-state index contributed by atoms with van der Waals surface area (Å²) in [6, 6.07) is 16.0. The summed E-state index contributed by atoms with van der Waals surface area (Å²) in [5, 5.41) is 9.59. The van der Waals surface area contributed by atoms with Gasteiger partial charge in [-0.2, -0.15) is 0 Å². The van der Waals surface area contributed by atoms with E-state index in [1.165, 1.54) is 18.2 Å². The van der Waals surface area contributed by atoms with Crippen molar-refractivity contribution in [3.8, 4) is 28.6 Å². The number of thioether (sulfide) groups is 1. The molecule has 2 aliphatic heterocycles. The van der Waals surface area contributed by atoms with E-state index in [-0.39, 0.29) is 12.7 Å². The molecule has 0 spiro atoms. The van der Waals surface area contributed by atoms with Crippen LogP contribution in [0, 0.1) is 0 Å². The van der Waals surface area contributed by atoms with E-state index >= 15 is 0 Å². The number of benzene rings is 2. The second kappa shape index (κ2) is 8.63. The van der Waals surface area contributed by atoms with Crippen molar-refractivity contribution in [3.05, 3.63) is 48.5 Å². The molecule has 2 aliphatic rings. The molecule has 1 aromatic heterocycles. The van der Waals surface area contributed by atoms with Crippen molar-refractivity contribution < 1.29 is 14.3 Å². The fourth-order valence-electron chi connectivity index (χ4n) is 4.07. The molecule has 3 heterocycles. The van der Waals surface area contributed by atoms with Crippen molar-refractivity contribution in [2.75, 3.05) is 19.1 Å². The molecule has 1 fully saturated rings. The molecule has 0 radical (unpaired) electrons. The molecule has 0 bridgehead atoms. The van der Waals surface area contributed by atoms with Gasteiger partial charge >= 0.3 is 0 Å². The van der Waals surface area contributed by atoms with Crippen LogP contribution in [0.25, 0.3) is 17.1 Å². The Hall–Kier alpha value is -3.00. The van der Waals surface area contributed by atoms with E-state index in [9.17, 15) is 4.79 Å². The van der Waals surface area contributed by atoms with Gasteiger partial charge in [-0.25, -0.2) is 0 Å². The highest BCUT2D eigenvalue weighted by atomic mass is 32.2. The number of amides is 1. The number of hydrogen-bond donors (Lipinski definition) is 0. The molecule has 5 rings (SSSR count). The molecule has 3 aromatic rings. The predicted octanol–water partition coefficient (Wildman–Crippen LogP) is 4.16. The Labute approximate surface area is 185 Å². The maximum absolute atomic E-state index is 12.9. The zero-order valence-corrected chi connectivity index (χ0v) is 18.2. The molecule has 160 valence electrons. The monoisotopic (exact) mass is 436 g/mol. The van der Waals surface area contributed by atoms with Gasteiger partial charge in [0.25, 0.3) is 0 Å². The average Bonchev–Trinajstić information content (AvgIpc) is 3.44. The molecule has 2 aromatic carbocycles. The molecule has 8 heteroatoms. The summed E-state index contributed by atoms with van der Waals surface area (Å²) in [7, 11) is 0. The third kappa shape index (κ3) is 3.99. The minimum Gasteiger partial charge on any atom is -0.454 e. The number of likely N-dealkylation sites (tertiary alicyclic amines) is 1. The molecule has 0 aliphatic carbocycles. The highest BCUT2D eigenvalue weighted by Gasteiger charge is 2.25. The first kappa shape index (κ1) is 19.9. The maximum atomic E-state index is 12.9. The summed E-state index contributed by atoms with van der Waals surface area (Å²) in [5.41, 5.74) is 1.82. The Morgan fingerprint density at radius 1 is 1.10 bits per heavy atom. The number of para-hydroxylation sites is 1. The maximum Gasteiger partial charge on any atom is 0.233 e. The quantitative estimate of drug-likeness (QED) is 0.560. The van der Waals surface area contributed by atoms with Gasteiger partial charge < -0.3 is 14.4 Å². The number of aromatic nitrogens is 3. The summed E-state index contributed by atoms with van der Waals surface area (Å²) in [4.78, 5) is 14.9. The van der Waals surface area contributed by atoms with Crippen LogP contribution in [-0.4, -0.2) is 50.7 Å². The molecule has 1 saturated heterocycles. The highest BCUT2D eigenvalue weighted by molar-refractivity contribution is 7.99. The van der Waals surface area contributed by atoms with Crippen LogP contribution in [0.4, 0.5) is 0 Å². The van der Waals surface area contributed by atoms with Crippen LogP contribution in [0.2, 0.25) is 0 Å². The summed E-state index contributed by atoms with van der Waals surface area (Å²) in [5.74, 6) is 2.63. The molecular formula is C23H24N4O3S. The number of piperidine rings is 1. The lowest BCUT2D eigenvalue weighted by Crippen LogP contribution is -2.42. The fraction of sp³-hybridized carbons (Fsp3) is 0.348. The van der Waals surface area contributed by atoms with Gasteiger partial charge in [-0.15, -0.1) is 10.2 Å². The van der Waals surface area contributed by atoms with Gasteiger partial charge in [0, 0.05) is 23.8 Å². The minimum absolute atomic E-state index is 0.157. The standard InChI is InChI=1S/C23H24N4O3S/c1-16-7-5-6-12-26(16)21(28)14-31-23-25-24-22(27(23)18-8-3-2-4-9-18)17-10-11-19-20(13-17)30-15-29-19/h2-4,8-11,13,16H,5-7,12,14-15H2,1H3/t16-/m1/s1. The Kier molecular flexibility index (Phi) is 5.55. The Bertz CT molecular complexity index is 1090. The van der Waals surface area contributed by atoms with Crippen molar-refractivity contribution >= 4 is 17.7 Å². The zero-order valence-electron chi connectivity index (χ0n) is 17.4. The van der Waals surface area contributed by atoms with Gasteiger partial charge in [-0.1, -0.05) is 30.0 Å². The number of ether oxygens (including phenoxy) is 2. The molecule has 1 amide bonds. The van der Waals surface area contributed by atoms with Crippen molar-refractivity contribution in [2.24, 2.45) is 0 Å². The van der Waals surface area contributed by atoms with Gasteiger partial charge in [0.2, 0.25) is 12.7 Å². The number of fused-ring (bicyclic) bond motifs is 1. The van der Waals surface area contributed by atoms with Gasteiger partial charge in [-0.05, 0) is 56.5 Å². The van der Waals surface area contributed by atoms with E-state index in [2.05, 4.69) is 17.1 Å². The Morgan fingerprint density at radius 2 is 1.94 bits per heavy atom. The van der Waals surface area contributed by atoms with Crippen molar-refractivity contribution in [3.63, 3.8) is 0 Å². The number of nitrogens with zero attached hydrogens (tertiary/aromatic N) is 4. The first-order chi connectivity index (χ1) is 15.2. The molecule has 7 nitrogen and oxygen atoms in total. The summed E-state index contributed by atoms with van der Waals surface area (Å²) in [6.45, 7) is 3.20. The Balaban J connectivity index is 1.45. The third-order valence-corrected chi connectivity index (χ3v) is 6.64. The molecule has 31 heavy (non-hydrogen) atoms. The van der Waals surface area contributed by atoms with Crippen molar-refractivity contribution in [2.45, 2.75) is 37.4 Å². The topological polar surface area (TPSA) is 69.5 Å². The van der Waals surface area contributed by atoms with Crippen molar-refractivity contribution in [1.82, 2.24) is 19.7 Å². The smallest absolute Gasteiger partial charge is 0.233 e. The first-order valence-corrected chi connectivity index (χ1v) is 11.5. The summed E-state index contributed by atoms with van der Waals surface area (Å²) >= 11 is 1.43.